The SMILES string of the molecule is C[C@@H](C(=O)Nc1ccc(Br)cc1Br)N1CCN(C(=O)c2ccco2)CC1. The van der Waals surface area contributed by atoms with Crippen LogP contribution in [0.5, 0.6) is 0 Å². The van der Waals surface area contributed by atoms with Gasteiger partial charge in [-0.25, -0.2) is 0 Å². The summed E-state index contributed by atoms with van der Waals surface area (Å²) in [6.07, 6.45) is 1.50. The number of hydrogen-bond acceptors (Lipinski definition) is 4. The molecular weight excluding hydrogens is 466 g/mol. The molecule has 1 aromatic carbocycles. The number of anilines is 1. The van der Waals surface area contributed by atoms with E-state index >= 15 is 0 Å². The molecule has 1 aromatic heterocycles. The first-order valence-corrected chi connectivity index (χ1v) is 9.87. The van der Waals surface area contributed by atoms with Crippen molar-refractivity contribution in [3.05, 3.63) is 51.3 Å². The van der Waals surface area contributed by atoms with E-state index in [1.807, 2.05) is 25.1 Å². The Hall–Kier alpha value is -1.64. The maximum Gasteiger partial charge on any atom is 0.289 e. The second-order valence-electron chi connectivity index (χ2n) is 6.09. The Morgan fingerprint density at radius 1 is 1.15 bits per heavy atom. The molecule has 0 saturated carbocycles. The standard InChI is InChI=1S/C18H19Br2N3O3/c1-12(17(24)21-15-5-4-13(19)11-14(15)20)22-6-8-23(9-7-22)18(25)16-3-2-10-26-16/h2-5,10-12H,6-9H2,1H3,(H,21,24)/t12-/m0/s1. The Balaban J connectivity index is 1.55. The van der Waals surface area contributed by atoms with Crippen LogP contribution < -0.4 is 5.32 Å². The van der Waals surface area contributed by atoms with Gasteiger partial charge in [-0.3, -0.25) is 14.5 Å². The smallest absolute Gasteiger partial charge is 0.289 e. The second kappa shape index (κ2) is 8.37. The molecule has 2 heterocycles. The number of benzene rings is 1. The van der Waals surface area contributed by atoms with Gasteiger partial charge in [0.1, 0.15) is 0 Å². The quantitative estimate of drug-likeness (QED) is 0.720. The number of hydrogen-bond donors (Lipinski definition) is 1. The van der Waals surface area contributed by atoms with Crippen LogP contribution in [0.2, 0.25) is 0 Å². The van der Waals surface area contributed by atoms with E-state index in [2.05, 4.69) is 42.1 Å². The van der Waals surface area contributed by atoms with Gasteiger partial charge in [-0.2, -0.15) is 0 Å². The van der Waals surface area contributed by atoms with Crippen molar-refractivity contribution in [1.82, 2.24) is 9.80 Å². The van der Waals surface area contributed by atoms with E-state index in [9.17, 15) is 9.59 Å². The summed E-state index contributed by atoms with van der Waals surface area (Å²) in [6.45, 7) is 4.30. The van der Waals surface area contributed by atoms with Crippen LogP contribution in [0.15, 0.2) is 50.0 Å². The fraction of sp³-hybridized carbons (Fsp3) is 0.333. The van der Waals surface area contributed by atoms with Gasteiger partial charge in [-0.15, -0.1) is 0 Å². The van der Waals surface area contributed by atoms with Crippen LogP contribution in [0.4, 0.5) is 5.69 Å². The molecule has 0 unspecified atom stereocenters. The number of furan rings is 1. The molecule has 2 aromatic rings. The van der Waals surface area contributed by atoms with E-state index < -0.39 is 0 Å². The number of nitrogens with zero attached hydrogens (tertiary/aromatic N) is 2. The van der Waals surface area contributed by atoms with Crippen LogP contribution in [0, 0.1) is 0 Å². The summed E-state index contributed by atoms with van der Waals surface area (Å²) in [6, 6.07) is 8.70. The number of amides is 2. The maximum absolute atomic E-state index is 12.6. The van der Waals surface area contributed by atoms with E-state index in [1.54, 1.807) is 17.0 Å². The lowest BCUT2D eigenvalue weighted by atomic mass is 10.2. The van der Waals surface area contributed by atoms with Gasteiger partial charge in [0.15, 0.2) is 5.76 Å². The first-order valence-electron chi connectivity index (χ1n) is 8.28. The van der Waals surface area contributed by atoms with Crippen molar-refractivity contribution in [2.45, 2.75) is 13.0 Å². The Bertz CT molecular complexity index is 787. The van der Waals surface area contributed by atoms with Crippen LogP contribution in [-0.4, -0.2) is 53.8 Å². The zero-order valence-corrected chi connectivity index (χ0v) is 17.4. The molecule has 0 bridgehead atoms. The minimum atomic E-state index is -0.286. The lowest BCUT2D eigenvalue weighted by Crippen LogP contribution is -2.54. The summed E-state index contributed by atoms with van der Waals surface area (Å²) in [5.41, 5.74) is 0.733. The van der Waals surface area contributed by atoms with Crippen molar-refractivity contribution >= 4 is 49.4 Å². The van der Waals surface area contributed by atoms with Gasteiger partial charge in [0, 0.05) is 35.1 Å². The van der Waals surface area contributed by atoms with E-state index in [0.717, 1.165) is 14.6 Å². The summed E-state index contributed by atoms with van der Waals surface area (Å²) in [5.74, 6) is 0.175. The molecule has 6 nitrogen and oxygen atoms in total. The predicted octanol–water partition coefficient (Wildman–Crippen LogP) is 3.59. The van der Waals surface area contributed by atoms with E-state index in [1.165, 1.54) is 6.26 Å². The number of carbonyl (C=O) groups is 2. The molecule has 0 spiro atoms. The van der Waals surface area contributed by atoms with Crippen LogP contribution in [0.3, 0.4) is 0 Å². The predicted molar refractivity (Wildman–Crippen MR) is 106 cm³/mol. The number of piperazine rings is 1. The van der Waals surface area contributed by atoms with Crippen molar-refractivity contribution in [1.29, 1.82) is 0 Å². The average molecular weight is 485 g/mol. The third kappa shape index (κ3) is 4.36. The Kier molecular flexibility index (Phi) is 6.16. The number of rotatable bonds is 4. The molecule has 3 rings (SSSR count). The summed E-state index contributed by atoms with van der Waals surface area (Å²) in [5, 5.41) is 2.95. The highest BCUT2D eigenvalue weighted by molar-refractivity contribution is 9.11. The van der Waals surface area contributed by atoms with E-state index in [-0.39, 0.29) is 17.9 Å². The maximum atomic E-state index is 12.6. The summed E-state index contributed by atoms with van der Waals surface area (Å²) >= 11 is 6.85. The van der Waals surface area contributed by atoms with Crippen LogP contribution in [0.25, 0.3) is 0 Å². The highest BCUT2D eigenvalue weighted by atomic mass is 79.9. The first kappa shape index (κ1) is 19.1. The minimum absolute atomic E-state index is 0.0705. The van der Waals surface area contributed by atoms with Gasteiger partial charge in [0.05, 0.1) is 18.0 Å². The van der Waals surface area contributed by atoms with E-state index in [4.69, 9.17) is 4.42 Å². The molecule has 8 heteroatoms. The summed E-state index contributed by atoms with van der Waals surface area (Å²) in [4.78, 5) is 28.7. The highest BCUT2D eigenvalue weighted by Crippen LogP contribution is 2.26. The average Bonchev–Trinajstić information content (AvgIpc) is 3.17. The van der Waals surface area contributed by atoms with Gasteiger partial charge >= 0.3 is 0 Å². The molecule has 1 atom stereocenters. The van der Waals surface area contributed by atoms with Gasteiger partial charge in [0.2, 0.25) is 5.91 Å². The fourth-order valence-corrected chi connectivity index (χ4v) is 4.01. The molecule has 0 aliphatic carbocycles. The zero-order chi connectivity index (χ0) is 18.7. The van der Waals surface area contributed by atoms with Crippen molar-refractivity contribution in [3.8, 4) is 0 Å². The van der Waals surface area contributed by atoms with Crippen LogP contribution in [0.1, 0.15) is 17.5 Å². The largest absolute Gasteiger partial charge is 0.459 e. The lowest BCUT2D eigenvalue weighted by molar-refractivity contribution is -0.121. The third-order valence-electron chi connectivity index (χ3n) is 4.45. The molecule has 138 valence electrons. The molecular formula is C18H19Br2N3O3. The van der Waals surface area contributed by atoms with Gasteiger partial charge in [-0.1, -0.05) is 15.9 Å². The zero-order valence-electron chi connectivity index (χ0n) is 14.2. The van der Waals surface area contributed by atoms with Gasteiger partial charge in [0.25, 0.3) is 5.91 Å². The molecule has 26 heavy (non-hydrogen) atoms. The fourth-order valence-electron chi connectivity index (χ4n) is 2.86. The van der Waals surface area contributed by atoms with Crippen molar-refractivity contribution in [3.63, 3.8) is 0 Å². The Morgan fingerprint density at radius 2 is 1.88 bits per heavy atom. The highest BCUT2D eigenvalue weighted by Gasteiger charge is 2.28. The number of nitrogens with one attached hydrogen (secondary N) is 1. The second-order valence-corrected chi connectivity index (χ2v) is 7.86. The minimum Gasteiger partial charge on any atom is -0.459 e. The van der Waals surface area contributed by atoms with Gasteiger partial charge < -0.3 is 14.6 Å². The van der Waals surface area contributed by atoms with E-state index in [0.29, 0.717) is 31.9 Å². The summed E-state index contributed by atoms with van der Waals surface area (Å²) in [7, 11) is 0. The topological polar surface area (TPSA) is 65.8 Å². The number of carbonyl (C=O) groups excluding carboxylic acids is 2. The monoisotopic (exact) mass is 483 g/mol. The number of halogens is 2. The molecule has 1 saturated heterocycles. The Morgan fingerprint density at radius 3 is 2.50 bits per heavy atom. The Labute approximate surface area is 168 Å². The van der Waals surface area contributed by atoms with Gasteiger partial charge in [-0.05, 0) is 53.2 Å². The van der Waals surface area contributed by atoms with Crippen molar-refractivity contribution < 1.29 is 14.0 Å². The van der Waals surface area contributed by atoms with Crippen molar-refractivity contribution in [2.75, 3.05) is 31.5 Å². The third-order valence-corrected chi connectivity index (χ3v) is 5.60. The van der Waals surface area contributed by atoms with Crippen LogP contribution in [-0.2, 0) is 4.79 Å². The molecule has 2 amide bonds. The molecule has 1 N–H and O–H groups in total. The molecule has 1 fully saturated rings. The van der Waals surface area contributed by atoms with Crippen molar-refractivity contribution in [2.24, 2.45) is 0 Å². The van der Waals surface area contributed by atoms with Crippen LogP contribution >= 0.6 is 31.9 Å². The molecule has 1 aliphatic heterocycles. The first-order chi connectivity index (χ1) is 12.5. The molecule has 1 aliphatic rings. The normalized spacial score (nSPS) is 16.3. The lowest BCUT2D eigenvalue weighted by Gasteiger charge is -2.37. The summed E-state index contributed by atoms with van der Waals surface area (Å²) < 4.78 is 6.93. The molecule has 0 radical (unpaired) electrons.